The summed E-state index contributed by atoms with van der Waals surface area (Å²) in [4.78, 5) is 2.54. The molecule has 0 fully saturated rings. The molecule has 0 saturated heterocycles. The van der Waals surface area contributed by atoms with Crippen molar-refractivity contribution in [2.24, 2.45) is 0 Å². The molecule has 0 N–H and O–H groups in total. The number of fused-ring (bicyclic) bond motifs is 5. The number of hydrogen-bond donors (Lipinski definition) is 0. The van der Waals surface area contributed by atoms with Gasteiger partial charge in [-0.05, 0) is 84.4 Å². The van der Waals surface area contributed by atoms with Crippen LogP contribution in [-0.4, -0.2) is 0 Å². The maximum Gasteiger partial charge on any atom is 0.0618 e. The van der Waals surface area contributed by atoms with Gasteiger partial charge in [-0.3, -0.25) is 0 Å². The molecule has 1 aliphatic rings. The second-order valence-corrected chi connectivity index (χ2v) is 14.9. The van der Waals surface area contributed by atoms with E-state index in [0.29, 0.717) is 0 Å². The highest BCUT2D eigenvalue weighted by atomic mass is 15.2. The molecule has 0 aliphatic heterocycles. The zero-order chi connectivity index (χ0) is 36.2. The monoisotopic (exact) mass is 689 g/mol. The van der Waals surface area contributed by atoms with Crippen LogP contribution in [0.25, 0.3) is 66.1 Å². The summed E-state index contributed by atoms with van der Waals surface area (Å²) in [6.07, 6.45) is 0. The molecule has 0 amide bonds. The number of anilines is 3. The van der Waals surface area contributed by atoms with Crippen molar-refractivity contribution in [2.75, 3.05) is 4.90 Å². The fourth-order valence-corrected chi connectivity index (χ4v) is 8.97. The predicted octanol–water partition coefficient (Wildman–Crippen LogP) is 14.8. The first-order chi connectivity index (χ1) is 26.6. The Morgan fingerprint density at radius 1 is 0.370 bits per heavy atom. The lowest BCUT2D eigenvalue weighted by Gasteiger charge is -2.34. The second-order valence-electron chi connectivity index (χ2n) is 14.9. The van der Waals surface area contributed by atoms with E-state index in [2.05, 4.69) is 219 Å². The van der Waals surface area contributed by atoms with E-state index >= 15 is 0 Å². The maximum atomic E-state index is 2.54. The van der Waals surface area contributed by atoms with Crippen molar-refractivity contribution < 1.29 is 0 Å². The van der Waals surface area contributed by atoms with E-state index in [0.717, 1.165) is 5.69 Å². The van der Waals surface area contributed by atoms with Crippen molar-refractivity contribution >= 4 is 38.6 Å². The lowest BCUT2D eigenvalue weighted by molar-refractivity contribution is 0.661. The van der Waals surface area contributed by atoms with Crippen LogP contribution in [0.15, 0.2) is 200 Å². The van der Waals surface area contributed by atoms with Gasteiger partial charge in [0.15, 0.2) is 0 Å². The lowest BCUT2D eigenvalue weighted by atomic mass is 9.81. The molecule has 0 aromatic heterocycles. The average Bonchev–Trinajstić information content (AvgIpc) is 3.48. The SMILES string of the molecule is CC1(C)c2ccccc2-c2cccc(N(c3ccc(-c4cccc5cccc(-c6ccccc6)c45)cc3)c3c(-c4ccccc4)ccc4ccccc34)c21. The predicted molar refractivity (Wildman–Crippen MR) is 230 cm³/mol. The van der Waals surface area contributed by atoms with Gasteiger partial charge in [0.25, 0.3) is 0 Å². The van der Waals surface area contributed by atoms with Gasteiger partial charge in [-0.15, -0.1) is 0 Å². The van der Waals surface area contributed by atoms with Crippen LogP contribution in [0.5, 0.6) is 0 Å². The molecular formula is C53H39N. The summed E-state index contributed by atoms with van der Waals surface area (Å²) in [6, 6.07) is 73.4. The fourth-order valence-electron chi connectivity index (χ4n) is 8.97. The van der Waals surface area contributed by atoms with Gasteiger partial charge in [-0.2, -0.15) is 0 Å². The minimum Gasteiger partial charge on any atom is -0.309 e. The normalized spacial score (nSPS) is 12.8. The van der Waals surface area contributed by atoms with Crippen LogP contribution < -0.4 is 4.90 Å². The summed E-state index contributed by atoms with van der Waals surface area (Å²) >= 11 is 0. The van der Waals surface area contributed by atoms with Gasteiger partial charge in [0.05, 0.1) is 11.4 Å². The Balaban J connectivity index is 1.23. The van der Waals surface area contributed by atoms with Gasteiger partial charge in [0.2, 0.25) is 0 Å². The zero-order valence-corrected chi connectivity index (χ0v) is 30.5. The maximum absolute atomic E-state index is 2.54. The van der Waals surface area contributed by atoms with Gasteiger partial charge in [0.1, 0.15) is 0 Å². The third-order valence-corrected chi connectivity index (χ3v) is 11.4. The Bertz CT molecular complexity index is 2830. The molecule has 0 bridgehead atoms. The molecule has 0 spiro atoms. The van der Waals surface area contributed by atoms with Crippen LogP contribution in [0.1, 0.15) is 25.0 Å². The molecule has 0 unspecified atom stereocenters. The summed E-state index contributed by atoms with van der Waals surface area (Å²) in [5.41, 5.74) is 16.0. The quantitative estimate of drug-likeness (QED) is 0.168. The number of hydrogen-bond acceptors (Lipinski definition) is 1. The molecule has 0 atom stereocenters. The van der Waals surface area contributed by atoms with Gasteiger partial charge in [0, 0.05) is 22.1 Å². The Morgan fingerprint density at radius 2 is 0.907 bits per heavy atom. The molecule has 0 saturated carbocycles. The molecule has 10 rings (SSSR count). The van der Waals surface area contributed by atoms with Crippen LogP contribution in [0.3, 0.4) is 0 Å². The smallest absolute Gasteiger partial charge is 0.0618 e. The molecule has 1 aliphatic carbocycles. The van der Waals surface area contributed by atoms with Crippen LogP contribution in [0, 0.1) is 0 Å². The second kappa shape index (κ2) is 12.8. The standard InChI is InChI=1S/C53H39N/c1-53(2)48-28-12-11-24-46(48)47-27-15-29-49(51(47)53)54(52-44-23-10-9-20-38(44)32-35-45(52)37-18-7-4-8-19-37)41-33-30-39(31-34-41)43-26-14-22-40-21-13-25-42(50(40)43)36-16-5-3-6-17-36/h3-35H,1-2H3. The molecule has 256 valence electrons. The van der Waals surface area contributed by atoms with Crippen molar-refractivity contribution in [3.8, 4) is 44.5 Å². The van der Waals surface area contributed by atoms with Gasteiger partial charge < -0.3 is 4.90 Å². The molecule has 0 heterocycles. The van der Waals surface area contributed by atoms with E-state index < -0.39 is 0 Å². The largest absolute Gasteiger partial charge is 0.309 e. The van der Waals surface area contributed by atoms with E-state index in [1.165, 1.54) is 88.6 Å². The van der Waals surface area contributed by atoms with E-state index in [9.17, 15) is 0 Å². The van der Waals surface area contributed by atoms with E-state index in [4.69, 9.17) is 0 Å². The van der Waals surface area contributed by atoms with Crippen molar-refractivity contribution in [2.45, 2.75) is 19.3 Å². The molecular weight excluding hydrogens is 651 g/mol. The minimum absolute atomic E-state index is 0.199. The summed E-state index contributed by atoms with van der Waals surface area (Å²) in [5, 5.41) is 4.95. The van der Waals surface area contributed by atoms with Crippen molar-refractivity contribution in [3.05, 3.63) is 211 Å². The Hall–Kier alpha value is -6.70. The third kappa shape index (κ3) is 5.08. The first kappa shape index (κ1) is 32.0. The topological polar surface area (TPSA) is 3.24 Å². The summed E-state index contributed by atoms with van der Waals surface area (Å²) in [5.74, 6) is 0. The number of nitrogens with zero attached hydrogens (tertiary/aromatic N) is 1. The van der Waals surface area contributed by atoms with Crippen LogP contribution in [0.4, 0.5) is 17.1 Å². The summed E-state index contributed by atoms with van der Waals surface area (Å²) in [7, 11) is 0. The van der Waals surface area contributed by atoms with E-state index in [1.807, 2.05) is 0 Å². The molecule has 1 nitrogen and oxygen atoms in total. The molecule has 0 radical (unpaired) electrons. The number of benzene rings is 9. The molecule has 54 heavy (non-hydrogen) atoms. The average molecular weight is 690 g/mol. The highest BCUT2D eigenvalue weighted by Gasteiger charge is 2.39. The van der Waals surface area contributed by atoms with Gasteiger partial charge in [-0.25, -0.2) is 0 Å². The van der Waals surface area contributed by atoms with Crippen molar-refractivity contribution in [1.29, 1.82) is 0 Å². The van der Waals surface area contributed by atoms with Crippen LogP contribution >= 0.6 is 0 Å². The Morgan fingerprint density at radius 3 is 1.63 bits per heavy atom. The Kier molecular flexibility index (Phi) is 7.56. The van der Waals surface area contributed by atoms with Gasteiger partial charge in [-0.1, -0.05) is 196 Å². The molecule has 1 heteroatoms. The van der Waals surface area contributed by atoms with E-state index in [-0.39, 0.29) is 5.41 Å². The van der Waals surface area contributed by atoms with Crippen molar-refractivity contribution in [1.82, 2.24) is 0 Å². The summed E-state index contributed by atoms with van der Waals surface area (Å²) in [6.45, 7) is 4.77. The first-order valence-electron chi connectivity index (χ1n) is 18.9. The zero-order valence-electron chi connectivity index (χ0n) is 30.5. The lowest BCUT2D eigenvalue weighted by Crippen LogP contribution is -2.21. The van der Waals surface area contributed by atoms with Crippen molar-refractivity contribution in [3.63, 3.8) is 0 Å². The highest BCUT2D eigenvalue weighted by molar-refractivity contribution is 6.09. The van der Waals surface area contributed by atoms with Crippen LogP contribution in [-0.2, 0) is 5.41 Å². The van der Waals surface area contributed by atoms with Crippen LogP contribution in [0.2, 0.25) is 0 Å². The Labute approximate surface area is 317 Å². The van der Waals surface area contributed by atoms with Gasteiger partial charge >= 0.3 is 0 Å². The number of rotatable bonds is 6. The third-order valence-electron chi connectivity index (χ3n) is 11.4. The summed E-state index contributed by atoms with van der Waals surface area (Å²) < 4.78 is 0. The molecule has 9 aromatic rings. The highest BCUT2D eigenvalue weighted by Crippen LogP contribution is 2.56. The minimum atomic E-state index is -0.199. The van der Waals surface area contributed by atoms with E-state index in [1.54, 1.807) is 0 Å². The fraction of sp³-hybridized carbons (Fsp3) is 0.0566. The molecule has 9 aromatic carbocycles. The first-order valence-corrected chi connectivity index (χ1v) is 18.9.